The van der Waals surface area contributed by atoms with Gasteiger partial charge in [-0.05, 0) is 49.1 Å². The second kappa shape index (κ2) is 6.50. The van der Waals surface area contributed by atoms with Crippen molar-refractivity contribution in [3.05, 3.63) is 34.1 Å². The molecular formula is C14H21BrFN. The number of benzene rings is 1. The van der Waals surface area contributed by atoms with Gasteiger partial charge in [-0.2, -0.15) is 0 Å². The fraction of sp³-hybridized carbons (Fsp3) is 0.571. The second-order valence-electron chi connectivity index (χ2n) is 4.94. The molecule has 17 heavy (non-hydrogen) atoms. The van der Waals surface area contributed by atoms with Gasteiger partial charge in [-0.3, -0.25) is 0 Å². The number of nitrogens with one attached hydrogen (secondary N) is 1. The van der Waals surface area contributed by atoms with Crippen LogP contribution in [0, 0.1) is 17.7 Å². The van der Waals surface area contributed by atoms with Gasteiger partial charge in [0.2, 0.25) is 0 Å². The van der Waals surface area contributed by atoms with E-state index in [-0.39, 0.29) is 5.82 Å². The first-order valence-corrected chi connectivity index (χ1v) is 6.86. The molecule has 0 saturated carbocycles. The number of rotatable bonds is 5. The van der Waals surface area contributed by atoms with E-state index < -0.39 is 0 Å². The average Bonchev–Trinajstić information content (AvgIpc) is 2.29. The van der Waals surface area contributed by atoms with Gasteiger partial charge in [-0.1, -0.05) is 36.7 Å². The largest absolute Gasteiger partial charge is 0.316 e. The molecule has 2 unspecified atom stereocenters. The van der Waals surface area contributed by atoms with Crippen LogP contribution in [-0.4, -0.2) is 13.1 Å². The zero-order chi connectivity index (χ0) is 13.0. The van der Waals surface area contributed by atoms with Crippen molar-refractivity contribution in [1.82, 2.24) is 5.32 Å². The second-order valence-corrected chi connectivity index (χ2v) is 5.85. The Morgan fingerprint density at radius 1 is 1.29 bits per heavy atom. The van der Waals surface area contributed by atoms with E-state index in [1.54, 1.807) is 6.07 Å². The molecule has 0 fully saturated rings. The molecule has 1 aromatic rings. The third-order valence-electron chi connectivity index (χ3n) is 3.50. The minimum atomic E-state index is -0.121. The molecule has 0 saturated heterocycles. The average molecular weight is 302 g/mol. The quantitative estimate of drug-likeness (QED) is 0.866. The maximum absolute atomic E-state index is 13.7. The van der Waals surface area contributed by atoms with Crippen LogP contribution >= 0.6 is 15.9 Å². The van der Waals surface area contributed by atoms with Crippen molar-refractivity contribution in [2.24, 2.45) is 11.8 Å². The van der Waals surface area contributed by atoms with Gasteiger partial charge in [0, 0.05) is 10.5 Å². The molecule has 0 aliphatic heterocycles. The molecule has 1 rings (SSSR count). The van der Waals surface area contributed by atoms with Crippen molar-refractivity contribution in [3.63, 3.8) is 0 Å². The smallest absolute Gasteiger partial charge is 0.126 e. The Balaban J connectivity index is 2.83. The molecule has 0 aliphatic rings. The summed E-state index contributed by atoms with van der Waals surface area (Å²) in [6, 6.07) is 5.43. The van der Waals surface area contributed by atoms with E-state index in [0.29, 0.717) is 17.9 Å². The van der Waals surface area contributed by atoms with E-state index in [4.69, 9.17) is 0 Å². The van der Waals surface area contributed by atoms with Gasteiger partial charge in [0.1, 0.15) is 5.82 Å². The highest BCUT2D eigenvalue weighted by Crippen LogP contribution is 2.21. The summed E-state index contributed by atoms with van der Waals surface area (Å²) < 4.78 is 14.6. The lowest BCUT2D eigenvalue weighted by Crippen LogP contribution is -2.36. The predicted octanol–water partition coefficient (Wildman–Crippen LogP) is 4.01. The molecule has 0 spiro atoms. The Hall–Kier alpha value is -0.410. The molecule has 2 atom stereocenters. The molecule has 1 aromatic carbocycles. The summed E-state index contributed by atoms with van der Waals surface area (Å²) in [6.45, 7) is 6.61. The zero-order valence-corrected chi connectivity index (χ0v) is 12.5. The van der Waals surface area contributed by atoms with E-state index in [0.717, 1.165) is 16.5 Å². The van der Waals surface area contributed by atoms with Crippen LogP contribution in [0.3, 0.4) is 0 Å². The van der Waals surface area contributed by atoms with Gasteiger partial charge in [0.15, 0.2) is 0 Å². The lowest BCUT2D eigenvalue weighted by molar-refractivity contribution is 0.308. The van der Waals surface area contributed by atoms with Gasteiger partial charge >= 0.3 is 0 Å². The standard InChI is InChI=1S/C14H21BrFN/c1-9(2)10(3)14(17-4)8-11-7-12(15)5-6-13(11)16/h5-7,9-10,14,17H,8H2,1-4H3. The Morgan fingerprint density at radius 3 is 2.47 bits per heavy atom. The summed E-state index contributed by atoms with van der Waals surface area (Å²) in [7, 11) is 1.94. The highest BCUT2D eigenvalue weighted by Gasteiger charge is 2.20. The van der Waals surface area contributed by atoms with Crippen LogP contribution in [0.15, 0.2) is 22.7 Å². The lowest BCUT2D eigenvalue weighted by Gasteiger charge is -2.27. The predicted molar refractivity (Wildman–Crippen MR) is 74.7 cm³/mol. The Kier molecular flexibility index (Phi) is 5.60. The minimum Gasteiger partial charge on any atom is -0.316 e. The normalized spacial score (nSPS) is 15.0. The maximum atomic E-state index is 13.7. The molecule has 1 N–H and O–H groups in total. The molecular weight excluding hydrogens is 281 g/mol. The SMILES string of the molecule is CNC(Cc1cc(Br)ccc1F)C(C)C(C)C. The fourth-order valence-electron chi connectivity index (χ4n) is 1.95. The zero-order valence-electron chi connectivity index (χ0n) is 10.9. The Labute approximate surface area is 112 Å². The van der Waals surface area contributed by atoms with Crippen molar-refractivity contribution >= 4 is 15.9 Å². The maximum Gasteiger partial charge on any atom is 0.126 e. The van der Waals surface area contributed by atoms with Gasteiger partial charge in [-0.25, -0.2) is 4.39 Å². The Bertz CT molecular complexity index is 365. The highest BCUT2D eigenvalue weighted by molar-refractivity contribution is 9.10. The molecule has 1 nitrogen and oxygen atoms in total. The summed E-state index contributed by atoms with van der Waals surface area (Å²) in [5.74, 6) is 0.977. The van der Waals surface area contributed by atoms with Gasteiger partial charge in [0.25, 0.3) is 0 Å². The third-order valence-corrected chi connectivity index (χ3v) is 4.00. The first-order chi connectivity index (χ1) is 7.95. The topological polar surface area (TPSA) is 12.0 Å². The summed E-state index contributed by atoms with van der Waals surface area (Å²) in [4.78, 5) is 0. The molecule has 0 radical (unpaired) electrons. The first-order valence-electron chi connectivity index (χ1n) is 6.07. The summed E-state index contributed by atoms with van der Waals surface area (Å²) in [5, 5.41) is 3.30. The van der Waals surface area contributed by atoms with Crippen molar-refractivity contribution in [1.29, 1.82) is 0 Å². The van der Waals surface area contributed by atoms with Crippen LogP contribution in [0.2, 0.25) is 0 Å². The molecule has 0 aromatic heterocycles. The van der Waals surface area contributed by atoms with Crippen molar-refractivity contribution in [2.45, 2.75) is 33.2 Å². The third kappa shape index (κ3) is 4.07. The van der Waals surface area contributed by atoms with Crippen LogP contribution in [0.5, 0.6) is 0 Å². The van der Waals surface area contributed by atoms with Gasteiger partial charge in [-0.15, -0.1) is 0 Å². The molecule has 0 amide bonds. The minimum absolute atomic E-state index is 0.121. The van der Waals surface area contributed by atoms with Crippen LogP contribution in [0.25, 0.3) is 0 Å². The summed E-state index contributed by atoms with van der Waals surface area (Å²) >= 11 is 3.39. The van der Waals surface area contributed by atoms with E-state index in [1.165, 1.54) is 6.07 Å². The molecule has 96 valence electrons. The molecule has 0 heterocycles. The van der Waals surface area contributed by atoms with E-state index in [1.807, 2.05) is 13.1 Å². The summed E-state index contributed by atoms with van der Waals surface area (Å²) in [6.07, 6.45) is 0.723. The number of hydrogen-bond donors (Lipinski definition) is 1. The lowest BCUT2D eigenvalue weighted by atomic mass is 9.86. The molecule has 3 heteroatoms. The van der Waals surface area contributed by atoms with Crippen LogP contribution in [-0.2, 0) is 6.42 Å². The van der Waals surface area contributed by atoms with Crippen LogP contribution in [0.4, 0.5) is 4.39 Å². The van der Waals surface area contributed by atoms with Crippen LogP contribution < -0.4 is 5.32 Å². The van der Waals surface area contributed by atoms with Crippen molar-refractivity contribution in [3.8, 4) is 0 Å². The van der Waals surface area contributed by atoms with E-state index in [9.17, 15) is 4.39 Å². The summed E-state index contributed by atoms with van der Waals surface area (Å²) in [5.41, 5.74) is 0.770. The molecule has 0 bridgehead atoms. The van der Waals surface area contributed by atoms with Crippen molar-refractivity contribution in [2.75, 3.05) is 7.05 Å². The van der Waals surface area contributed by atoms with E-state index in [2.05, 4.69) is 42.0 Å². The van der Waals surface area contributed by atoms with E-state index >= 15 is 0 Å². The van der Waals surface area contributed by atoms with Crippen molar-refractivity contribution < 1.29 is 4.39 Å². The Morgan fingerprint density at radius 2 is 1.94 bits per heavy atom. The van der Waals surface area contributed by atoms with Gasteiger partial charge < -0.3 is 5.32 Å². The molecule has 0 aliphatic carbocycles. The van der Waals surface area contributed by atoms with Crippen LogP contribution in [0.1, 0.15) is 26.3 Å². The monoisotopic (exact) mass is 301 g/mol. The highest BCUT2D eigenvalue weighted by atomic mass is 79.9. The van der Waals surface area contributed by atoms with Gasteiger partial charge in [0.05, 0.1) is 0 Å². The number of hydrogen-bond acceptors (Lipinski definition) is 1. The number of halogens is 2. The fourth-order valence-corrected chi connectivity index (χ4v) is 2.36. The number of likely N-dealkylation sites (N-methyl/N-ethyl adjacent to an activating group) is 1. The first kappa shape index (κ1) is 14.7.